The van der Waals surface area contributed by atoms with E-state index in [4.69, 9.17) is 15.2 Å². The molecule has 7 nitrogen and oxygen atoms in total. The van der Waals surface area contributed by atoms with Crippen molar-refractivity contribution in [1.82, 2.24) is 9.80 Å². The molecule has 5 atom stereocenters. The summed E-state index contributed by atoms with van der Waals surface area (Å²) in [6, 6.07) is 7.52. The van der Waals surface area contributed by atoms with E-state index in [0.717, 1.165) is 37.9 Å². The summed E-state index contributed by atoms with van der Waals surface area (Å²) in [5.41, 5.74) is 6.94. The van der Waals surface area contributed by atoms with Gasteiger partial charge >= 0.3 is 5.97 Å². The number of hydrogen-bond acceptors (Lipinski definition) is 6. The van der Waals surface area contributed by atoms with Gasteiger partial charge in [0.25, 0.3) is 0 Å². The van der Waals surface area contributed by atoms with Crippen LogP contribution in [0.2, 0.25) is 0 Å². The highest BCUT2D eigenvalue weighted by Crippen LogP contribution is 2.45. The SMILES string of the molecule is CC(N)Cc1ccc(OC(=O)C2C3CCC(O3)C2C(=O)N2CCN(C)CC2)cc1. The summed E-state index contributed by atoms with van der Waals surface area (Å²) in [6.07, 6.45) is 2.04. The number of hydrogen-bond donors (Lipinski definition) is 1. The van der Waals surface area contributed by atoms with Crippen molar-refractivity contribution in [1.29, 1.82) is 0 Å². The number of amides is 1. The molecule has 0 aliphatic carbocycles. The van der Waals surface area contributed by atoms with E-state index >= 15 is 0 Å². The monoisotopic (exact) mass is 401 g/mol. The number of carbonyl (C=O) groups excluding carboxylic acids is 2. The Kier molecular flexibility index (Phi) is 5.90. The Bertz CT molecular complexity index is 743. The molecule has 158 valence electrons. The summed E-state index contributed by atoms with van der Waals surface area (Å²) in [5, 5.41) is 0. The van der Waals surface area contributed by atoms with Gasteiger partial charge in [0.2, 0.25) is 5.91 Å². The van der Waals surface area contributed by atoms with Crippen molar-refractivity contribution >= 4 is 11.9 Å². The number of esters is 1. The summed E-state index contributed by atoms with van der Waals surface area (Å²) in [6.45, 7) is 5.07. The zero-order valence-corrected chi connectivity index (χ0v) is 17.3. The maximum atomic E-state index is 13.2. The fraction of sp³-hybridized carbons (Fsp3) is 0.636. The van der Waals surface area contributed by atoms with E-state index in [2.05, 4.69) is 11.9 Å². The number of ether oxygens (including phenoxy) is 2. The Morgan fingerprint density at radius 3 is 2.34 bits per heavy atom. The van der Waals surface area contributed by atoms with Crippen LogP contribution in [0, 0.1) is 11.8 Å². The molecule has 1 aromatic carbocycles. The fourth-order valence-corrected chi connectivity index (χ4v) is 4.78. The molecule has 3 heterocycles. The van der Waals surface area contributed by atoms with Crippen LogP contribution in [0.25, 0.3) is 0 Å². The van der Waals surface area contributed by atoms with E-state index in [0.29, 0.717) is 18.8 Å². The molecular weight excluding hydrogens is 370 g/mol. The molecular formula is C22H31N3O4. The molecule has 29 heavy (non-hydrogen) atoms. The Morgan fingerprint density at radius 1 is 1.10 bits per heavy atom. The highest BCUT2D eigenvalue weighted by Gasteiger charge is 2.57. The summed E-state index contributed by atoms with van der Waals surface area (Å²) < 4.78 is 11.6. The minimum atomic E-state index is -0.523. The zero-order valence-electron chi connectivity index (χ0n) is 17.3. The predicted octanol–water partition coefficient (Wildman–Crippen LogP) is 1.05. The Labute approximate surface area is 172 Å². The number of likely N-dealkylation sites (N-methyl/N-ethyl adjacent to an activating group) is 1. The molecule has 0 aromatic heterocycles. The third-order valence-electron chi connectivity index (χ3n) is 6.35. The van der Waals surface area contributed by atoms with Gasteiger partial charge in [-0.3, -0.25) is 9.59 Å². The van der Waals surface area contributed by atoms with Crippen LogP contribution < -0.4 is 10.5 Å². The average molecular weight is 402 g/mol. The Balaban J connectivity index is 1.44. The molecule has 3 aliphatic heterocycles. The lowest BCUT2D eigenvalue weighted by Crippen LogP contribution is -2.52. The van der Waals surface area contributed by atoms with Crippen LogP contribution >= 0.6 is 0 Å². The largest absolute Gasteiger partial charge is 0.426 e. The molecule has 3 aliphatic rings. The summed E-state index contributed by atoms with van der Waals surface area (Å²) in [5.74, 6) is -0.771. The Hall–Kier alpha value is -1.96. The summed E-state index contributed by atoms with van der Waals surface area (Å²) in [7, 11) is 2.06. The van der Waals surface area contributed by atoms with Crippen LogP contribution in [0.5, 0.6) is 5.75 Å². The van der Waals surface area contributed by atoms with Crippen molar-refractivity contribution in [3.63, 3.8) is 0 Å². The topological polar surface area (TPSA) is 85.1 Å². The lowest BCUT2D eigenvalue weighted by molar-refractivity contribution is -0.149. The lowest BCUT2D eigenvalue weighted by Gasteiger charge is -2.36. The van der Waals surface area contributed by atoms with Crippen LogP contribution in [-0.4, -0.2) is 73.2 Å². The molecule has 1 amide bonds. The first-order valence-corrected chi connectivity index (χ1v) is 10.6. The number of piperazine rings is 1. The van der Waals surface area contributed by atoms with E-state index in [1.165, 1.54) is 0 Å². The van der Waals surface area contributed by atoms with Crippen LogP contribution in [0.3, 0.4) is 0 Å². The quantitative estimate of drug-likeness (QED) is 0.586. The van der Waals surface area contributed by atoms with Gasteiger partial charge in [0.05, 0.1) is 24.0 Å². The molecule has 0 saturated carbocycles. The second-order valence-corrected chi connectivity index (χ2v) is 8.72. The van der Waals surface area contributed by atoms with Crippen molar-refractivity contribution in [2.45, 2.75) is 44.4 Å². The van der Waals surface area contributed by atoms with Gasteiger partial charge in [0.15, 0.2) is 0 Å². The molecule has 4 rings (SSSR count). The minimum Gasteiger partial charge on any atom is -0.426 e. The second-order valence-electron chi connectivity index (χ2n) is 8.72. The first-order chi connectivity index (χ1) is 13.9. The summed E-state index contributed by atoms with van der Waals surface area (Å²) >= 11 is 0. The normalized spacial score (nSPS) is 30.4. The average Bonchev–Trinajstić information content (AvgIpc) is 3.30. The first-order valence-electron chi connectivity index (χ1n) is 10.6. The molecule has 3 fully saturated rings. The lowest BCUT2D eigenvalue weighted by atomic mass is 9.78. The number of nitrogens with zero attached hydrogens (tertiary/aromatic N) is 2. The van der Waals surface area contributed by atoms with E-state index in [1.807, 2.05) is 24.0 Å². The summed E-state index contributed by atoms with van der Waals surface area (Å²) in [4.78, 5) is 30.3. The van der Waals surface area contributed by atoms with Crippen molar-refractivity contribution in [3.05, 3.63) is 29.8 Å². The van der Waals surface area contributed by atoms with Crippen molar-refractivity contribution in [2.24, 2.45) is 17.6 Å². The number of fused-ring (bicyclic) bond motifs is 2. The van der Waals surface area contributed by atoms with Gasteiger partial charge in [-0.1, -0.05) is 12.1 Å². The van der Waals surface area contributed by atoms with Gasteiger partial charge in [0.1, 0.15) is 5.75 Å². The van der Waals surface area contributed by atoms with Gasteiger partial charge in [-0.15, -0.1) is 0 Å². The molecule has 0 radical (unpaired) electrons. The second kappa shape index (κ2) is 8.42. The maximum absolute atomic E-state index is 13.2. The molecule has 5 unspecified atom stereocenters. The smallest absolute Gasteiger partial charge is 0.317 e. The van der Waals surface area contributed by atoms with Crippen LogP contribution in [0.4, 0.5) is 0 Å². The van der Waals surface area contributed by atoms with E-state index in [-0.39, 0.29) is 30.1 Å². The number of carbonyl (C=O) groups is 2. The molecule has 3 saturated heterocycles. The number of nitrogens with two attached hydrogens (primary N) is 1. The van der Waals surface area contributed by atoms with Crippen molar-refractivity contribution < 1.29 is 19.1 Å². The van der Waals surface area contributed by atoms with Gasteiger partial charge in [-0.2, -0.15) is 0 Å². The molecule has 7 heteroatoms. The van der Waals surface area contributed by atoms with E-state index in [1.54, 1.807) is 12.1 Å². The van der Waals surface area contributed by atoms with Crippen molar-refractivity contribution in [2.75, 3.05) is 33.2 Å². The van der Waals surface area contributed by atoms with Crippen LogP contribution in [-0.2, 0) is 20.7 Å². The van der Waals surface area contributed by atoms with E-state index < -0.39 is 11.8 Å². The molecule has 1 aromatic rings. The van der Waals surface area contributed by atoms with Gasteiger partial charge in [-0.25, -0.2) is 0 Å². The number of benzene rings is 1. The van der Waals surface area contributed by atoms with Crippen LogP contribution in [0.15, 0.2) is 24.3 Å². The third-order valence-corrected chi connectivity index (χ3v) is 6.35. The number of rotatable bonds is 5. The highest BCUT2D eigenvalue weighted by molar-refractivity contribution is 5.88. The van der Waals surface area contributed by atoms with Gasteiger partial charge in [-0.05, 0) is 50.9 Å². The van der Waals surface area contributed by atoms with Gasteiger partial charge in [0, 0.05) is 32.2 Å². The molecule has 0 spiro atoms. The molecule has 2 bridgehead atoms. The third kappa shape index (κ3) is 4.32. The fourth-order valence-electron chi connectivity index (χ4n) is 4.78. The molecule has 2 N–H and O–H groups in total. The standard InChI is InChI=1S/C22H31N3O4/c1-14(23)13-15-3-5-16(6-4-15)28-22(27)20-18-8-7-17(29-18)19(20)21(26)25-11-9-24(2)10-12-25/h3-6,14,17-20H,7-13,23H2,1-2H3. The minimum absolute atomic E-state index is 0.0412. The van der Waals surface area contributed by atoms with Gasteiger partial charge < -0.3 is 25.0 Å². The highest BCUT2D eigenvalue weighted by atomic mass is 16.5. The van der Waals surface area contributed by atoms with Crippen LogP contribution in [0.1, 0.15) is 25.3 Å². The Morgan fingerprint density at radius 2 is 1.72 bits per heavy atom. The predicted molar refractivity (Wildman–Crippen MR) is 108 cm³/mol. The van der Waals surface area contributed by atoms with E-state index in [9.17, 15) is 9.59 Å². The zero-order chi connectivity index (χ0) is 20.5. The first kappa shape index (κ1) is 20.3. The van der Waals surface area contributed by atoms with Crippen molar-refractivity contribution in [3.8, 4) is 5.75 Å². The maximum Gasteiger partial charge on any atom is 0.317 e.